The fraction of sp³-hybridized carbons (Fsp3) is 0.333. The van der Waals surface area contributed by atoms with Crippen LogP contribution in [0.3, 0.4) is 0 Å². The summed E-state index contributed by atoms with van der Waals surface area (Å²) in [5, 5.41) is 3.57. The Bertz CT molecular complexity index is 1130. The molecule has 0 unspecified atom stereocenters. The van der Waals surface area contributed by atoms with E-state index >= 15 is 0 Å². The molecule has 0 fully saturated rings. The van der Waals surface area contributed by atoms with Crippen LogP contribution in [0.4, 0.5) is 0 Å². The van der Waals surface area contributed by atoms with Gasteiger partial charge in [-0.3, -0.25) is 0 Å². The summed E-state index contributed by atoms with van der Waals surface area (Å²) in [4.78, 5) is 9.51. The maximum Gasteiger partial charge on any atom is 0.136 e. The summed E-state index contributed by atoms with van der Waals surface area (Å²) < 4.78 is 10.3. The lowest BCUT2D eigenvalue weighted by Gasteiger charge is -2.26. The molecule has 0 spiro atoms. The summed E-state index contributed by atoms with van der Waals surface area (Å²) in [6.07, 6.45) is 0. The zero-order valence-electron chi connectivity index (χ0n) is 15.6. The number of hydrogen-bond acceptors (Lipinski definition) is 4. The van der Waals surface area contributed by atoms with Gasteiger partial charge in [0.15, 0.2) is 0 Å². The highest BCUT2D eigenvalue weighted by Gasteiger charge is 2.24. The van der Waals surface area contributed by atoms with Crippen LogP contribution < -0.4 is 5.32 Å². The number of para-hydroxylation sites is 2. The van der Waals surface area contributed by atoms with Gasteiger partial charge in [0.25, 0.3) is 0 Å². The predicted octanol–water partition coefficient (Wildman–Crippen LogP) is 3.09. The smallest absolute Gasteiger partial charge is 0.136 e. The second kappa shape index (κ2) is 6.48. The predicted molar refractivity (Wildman–Crippen MR) is 106 cm³/mol. The Balaban J connectivity index is 1.36. The molecule has 1 atom stereocenters. The molecule has 2 aromatic carbocycles. The lowest BCUT2D eigenvalue weighted by Crippen LogP contribution is -2.33. The third-order valence-corrected chi connectivity index (χ3v) is 5.37. The molecule has 2 aromatic heterocycles. The van der Waals surface area contributed by atoms with Crippen LogP contribution in [0.2, 0.25) is 0 Å². The van der Waals surface area contributed by atoms with Crippen LogP contribution >= 0.6 is 0 Å². The molecule has 0 amide bonds. The number of ether oxygens (including phenoxy) is 1. The van der Waals surface area contributed by atoms with Gasteiger partial charge in [0.2, 0.25) is 0 Å². The average molecular weight is 361 g/mol. The molecule has 138 valence electrons. The second-order valence-electron chi connectivity index (χ2n) is 7.27. The molecule has 27 heavy (non-hydrogen) atoms. The van der Waals surface area contributed by atoms with Crippen molar-refractivity contribution < 1.29 is 4.74 Å². The van der Waals surface area contributed by atoms with E-state index in [0.717, 1.165) is 41.3 Å². The van der Waals surface area contributed by atoms with Crippen molar-refractivity contribution in [2.24, 2.45) is 7.05 Å². The van der Waals surface area contributed by atoms with Crippen molar-refractivity contribution in [2.45, 2.75) is 26.1 Å². The highest BCUT2D eigenvalue weighted by atomic mass is 16.5. The van der Waals surface area contributed by atoms with Crippen LogP contribution in [0.1, 0.15) is 23.3 Å². The van der Waals surface area contributed by atoms with E-state index in [2.05, 4.69) is 58.8 Å². The standard InChI is InChI=1S/C21H23N5O/c1-14-7-8-19-17(9-14)24-21-13-27-12-15(26(19)21)10-22-11-20-23-16-5-3-4-6-18(16)25(20)2/h3-9,15,22H,10-13H2,1-2H3/t15-/m0/s1. The number of aryl methyl sites for hydroxylation is 2. The van der Waals surface area contributed by atoms with Crippen LogP contribution in [0.5, 0.6) is 0 Å². The van der Waals surface area contributed by atoms with Crippen molar-refractivity contribution in [2.75, 3.05) is 13.2 Å². The maximum atomic E-state index is 5.80. The summed E-state index contributed by atoms with van der Waals surface area (Å²) in [5.74, 6) is 2.05. The van der Waals surface area contributed by atoms with Gasteiger partial charge in [-0.2, -0.15) is 0 Å². The summed E-state index contributed by atoms with van der Waals surface area (Å²) in [5.41, 5.74) is 5.67. The molecule has 1 aliphatic rings. The summed E-state index contributed by atoms with van der Waals surface area (Å²) >= 11 is 0. The van der Waals surface area contributed by atoms with Crippen LogP contribution in [0, 0.1) is 6.92 Å². The fourth-order valence-electron chi connectivity index (χ4n) is 3.98. The summed E-state index contributed by atoms with van der Waals surface area (Å²) in [7, 11) is 2.07. The van der Waals surface area contributed by atoms with E-state index in [1.807, 2.05) is 12.1 Å². The third kappa shape index (κ3) is 2.81. The van der Waals surface area contributed by atoms with E-state index in [9.17, 15) is 0 Å². The van der Waals surface area contributed by atoms with Gasteiger partial charge < -0.3 is 19.2 Å². The zero-order chi connectivity index (χ0) is 18.4. The third-order valence-electron chi connectivity index (χ3n) is 5.37. The van der Waals surface area contributed by atoms with E-state index < -0.39 is 0 Å². The average Bonchev–Trinajstić information content (AvgIpc) is 3.20. The Morgan fingerprint density at radius 1 is 1.11 bits per heavy atom. The Hall–Kier alpha value is -2.70. The highest BCUT2D eigenvalue weighted by Crippen LogP contribution is 2.26. The lowest BCUT2D eigenvalue weighted by molar-refractivity contribution is 0.0563. The first kappa shape index (κ1) is 16.5. The first-order valence-corrected chi connectivity index (χ1v) is 9.37. The fourth-order valence-corrected chi connectivity index (χ4v) is 3.98. The molecule has 0 saturated heterocycles. The molecule has 6 heteroatoms. The second-order valence-corrected chi connectivity index (χ2v) is 7.27. The van der Waals surface area contributed by atoms with Gasteiger partial charge in [-0.25, -0.2) is 9.97 Å². The first-order valence-electron chi connectivity index (χ1n) is 9.37. The van der Waals surface area contributed by atoms with Crippen molar-refractivity contribution in [3.05, 3.63) is 59.7 Å². The molecule has 4 aromatic rings. The molecular formula is C21H23N5O. The molecule has 1 N–H and O–H groups in total. The van der Waals surface area contributed by atoms with E-state index in [0.29, 0.717) is 13.2 Å². The van der Waals surface area contributed by atoms with Gasteiger partial charge in [0, 0.05) is 13.6 Å². The minimum atomic E-state index is 0.233. The topological polar surface area (TPSA) is 56.9 Å². The van der Waals surface area contributed by atoms with Crippen LogP contribution in [-0.2, 0) is 24.9 Å². The van der Waals surface area contributed by atoms with Crippen molar-refractivity contribution in [1.29, 1.82) is 0 Å². The van der Waals surface area contributed by atoms with Gasteiger partial charge in [-0.15, -0.1) is 0 Å². The Morgan fingerprint density at radius 3 is 2.89 bits per heavy atom. The number of hydrogen-bond donors (Lipinski definition) is 1. The van der Waals surface area contributed by atoms with E-state index in [1.165, 1.54) is 11.1 Å². The molecule has 0 bridgehead atoms. The lowest BCUT2D eigenvalue weighted by atomic mass is 10.2. The summed E-state index contributed by atoms with van der Waals surface area (Å²) in [6.45, 7) is 4.92. The number of nitrogens with one attached hydrogen (secondary N) is 1. The van der Waals surface area contributed by atoms with E-state index in [4.69, 9.17) is 14.7 Å². The van der Waals surface area contributed by atoms with E-state index in [1.54, 1.807) is 0 Å². The highest BCUT2D eigenvalue weighted by molar-refractivity contribution is 5.77. The SMILES string of the molecule is Cc1ccc2c(c1)nc1n2[C@@H](CNCc2nc3ccccc3n2C)COC1. The van der Waals surface area contributed by atoms with Gasteiger partial charge >= 0.3 is 0 Å². The van der Waals surface area contributed by atoms with E-state index in [-0.39, 0.29) is 6.04 Å². The Morgan fingerprint density at radius 2 is 2.00 bits per heavy atom. The normalized spacial score (nSPS) is 16.9. The maximum absolute atomic E-state index is 5.80. The molecular weight excluding hydrogens is 338 g/mol. The van der Waals surface area contributed by atoms with Crippen molar-refractivity contribution in [3.8, 4) is 0 Å². The number of nitrogens with zero attached hydrogens (tertiary/aromatic N) is 4. The molecule has 0 radical (unpaired) electrons. The molecule has 3 heterocycles. The van der Waals surface area contributed by atoms with Gasteiger partial charge in [0.05, 0.1) is 41.3 Å². The number of aromatic nitrogens is 4. The number of imidazole rings is 2. The number of fused-ring (bicyclic) bond motifs is 4. The molecule has 5 rings (SSSR count). The summed E-state index contributed by atoms with van der Waals surface area (Å²) in [6, 6.07) is 14.9. The largest absolute Gasteiger partial charge is 0.371 e. The van der Waals surface area contributed by atoms with Gasteiger partial charge in [0.1, 0.15) is 18.3 Å². The Kier molecular flexibility index (Phi) is 3.95. The first-order chi connectivity index (χ1) is 13.2. The van der Waals surface area contributed by atoms with Gasteiger partial charge in [-0.1, -0.05) is 18.2 Å². The zero-order valence-corrected chi connectivity index (χ0v) is 15.6. The van der Waals surface area contributed by atoms with Gasteiger partial charge in [-0.05, 0) is 36.8 Å². The Labute approximate surface area is 157 Å². The number of rotatable bonds is 4. The quantitative estimate of drug-likeness (QED) is 0.607. The van der Waals surface area contributed by atoms with Crippen molar-refractivity contribution in [1.82, 2.24) is 24.4 Å². The molecule has 0 aliphatic carbocycles. The van der Waals surface area contributed by atoms with Crippen LogP contribution in [0.25, 0.3) is 22.1 Å². The molecule has 0 saturated carbocycles. The minimum absolute atomic E-state index is 0.233. The molecule has 1 aliphatic heterocycles. The minimum Gasteiger partial charge on any atom is -0.371 e. The monoisotopic (exact) mass is 361 g/mol. The molecule has 6 nitrogen and oxygen atoms in total. The van der Waals surface area contributed by atoms with Crippen LogP contribution in [0.15, 0.2) is 42.5 Å². The van der Waals surface area contributed by atoms with Crippen LogP contribution in [-0.4, -0.2) is 32.3 Å². The van der Waals surface area contributed by atoms with Crippen molar-refractivity contribution >= 4 is 22.1 Å². The van der Waals surface area contributed by atoms with Crippen molar-refractivity contribution in [3.63, 3.8) is 0 Å². The number of benzene rings is 2.